The predicted octanol–water partition coefficient (Wildman–Crippen LogP) is 0.507. The van der Waals surface area contributed by atoms with Crippen LogP contribution in [-0.2, 0) is 27.0 Å². The average molecular weight is 304 g/mol. The number of alkyl halides is 3. The molecule has 0 heterocycles. The van der Waals surface area contributed by atoms with Crippen molar-refractivity contribution in [1.29, 1.82) is 0 Å². The number of guanidine groups is 1. The first-order chi connectivity index (χ1) is 5.38. The van der Waals surface area contributed by atoms with Crippen LogP contribution in [0.2, 0.25) is 0 Å². The van der Waals surface area contributed by atoms with Crippen molar-refractivity contribution in [3.8, 4) is 0 Å². The first-order valence-electron chi connectivity index (χ1n) is 2.46. The molecule has 3 N–H and O–H groups in total. The summed E-state index contributed by atoms with van der Waals surface area (Å²) in [4.78, 5) is 14.8. The van der Waals surface area contributed by atoms with Crippen molar-refractivity contribution >= 4 is 56.1 Å². The molecule has 0 aromatic carbocycles. The van der Waals surface area contributed by atoms with Gasteiger partial charge in [-0.3, -0.25) is 0 Å². The second kappa shape index (κ2) is 6.94. The van der Waals surface area contributed by atoms with Gasteiger partial charge in [-0.25, -0.2) is 4.79 Å². The van der Waals surface area contributed by atoms with Crippen molar-refractivity contribution in [3.63, 3.8) is 0 Å². The molecular weight excluding hydrogens is 299 g/mol. The monoisotopic (exact) mass is 303 g/mol. The molecule has 0 amide bonds. The Bertz CT molecular complexity index is 209. The van der Waals surface area contributed by atoms with Crippen LogP contribution in [-0.4, -0.2) is 15.7 Å². The summed E-state index contributed by atoms with van der Waals surface area (Å²) < 4.78 is -2.15. The molecule has 5 nitrogen and oxygen atoms in total. The Morgan fingerprint density at radius 2 is 2.00 bits per heavy atom. The number of nitrogens with zero attached hydrogens (tertiary/aromatic N) is 1. The van der Waals surface area contributed by atoms with Gasteiger partial charge in [-0.2, -0.15) is 0 Å². The molecule has 10 heteroatoms. The minimum Gasteiger partial charge on any atom is -0.367 e. The fourth-order valence-corrected chi connectivity index (χ4v) is 0.325. The Kier molecular flexibility index (Phi) is 8.56. The number of nitrogens with one attached hydrogen (secondary N) is 1. The number of oxime groups is 1. The van der Waals surface area contributed by atoms with Crippen molar-refractivity contribution in [1.82, 2.24) is 5.09 Å². The van der Waals surface area contributed by atoms with Crippen molar-refractivity contribution in [2.24, 2.45) is 10.9 Å². The van der Waals surface area contributed by atoms with Crippen molar-refractivity contribution in [2.45, 2.75) is 3.79 Å². The first kappa shape index (κ1) is 16.0. The molecule has 0 aromatic rings. The maximum Gasteiger partial charge on any atom is 0.386 e. The van der Waals surface area contributed by atoms with E-state index in [9.17, 15) is 4.79 Å². The van der Waals surface area contributed by atoms with Gasteiger partial charge < -0.3 is 15.7 Å². The van der Waals surface area contributed by atoms with E-state index in [-0.39, 0.29) is 23.3 Å². The Labute approximate surface area is 103 Å². The topological polar surface area (TPSA) is 76.7 Å². The number of hydrogen-bond acceptors (Lipinski definition) is 3. The second-order valence-corrected chi connectivity index (χ2v) is 4.07. The standard InChI is InChI=1S/C3H5Cl3N3O2P.Cr/c4-3(5,6)1(10)11-8-2(7)9-12;/h12H2,(H3,7,8,9);. The summed E-state index contributed by atoms with van der Waals surface area (Å²) in [6.07, 6.45) is 0. The van der Waals surface area contributed by atoms with Crippen molar-refractivity contribution < 1.29 is 27.0 Å². The Morgan fingerprint density at radius 3 is 2.31 bits per heavy atom. The largest absolute Gasteiger partial charge is 0.386 e. The van der Waals surface area contributed by atoms with Gasteiger partial charge >= 0.3 is 5.97 Å². The first-order valence-corrected chi connectivity index (χ1v) is 4.17. The number of hydrogen-bond donors (Lipinski definition) is 2. The third-order valence-corrected chi connectivity index (χ3v) is 1.36. The molecule has 1 unspecified atom stereocenters. The quantitative estimate of drug-likeness (QED) is 0.185. The predicted molar refractivity (Wildman–Crippen MR) is 50.9 cm³/mol. The Morgan fingerprint density at radius 1 is 1.54 bits per heavy atom. The van der Waals surface area contributed by atoms with Crippen molar-refractivity contribution in [3.05, 3.63) is 0 Å². The zero-order valence-electron chi connectivity index (χ0n) is 5.96. The van der Waals surface area contributed by atoms with E-state index >= 15 is 0 Å². The van der Waals surface area contributed by atoms with E-state index in [1.54, 1.807) is 0 Å². The number of carbonyl (C=O) groups excluding carboxylic acids is 1. The molecule has 13 heavy (non-hydrogen) atoms. The zero-order valence-corrected chi connectivity index (χ0v) is 10.7. The smallest absolute Gasteiger partial charge is 0.367 e. The molecule has 0 rings (SSSR count). The molecule has 0 saturated heterocycles. The summed E-state index contributed by atoms with van der Waals surface area (Å²) in [7, 11) is 2.04. The van der Waals surface area contributed by atoms with Crippen LogP contribution in [0.15, 0.2) is 5.16 Å². The third kappa shape index (κ3) is 7.63. The molecular formula is C3H5Cl3CrN3O2P. The summed E-state index contributed by atoms with van der Waals surface area (Å²) in [6.45, 7) is 0. The summed E-state index contributed by atoms with van der Waals surface area (Å²) >= 11 is 15.4. The van der Waals surface area contributed by atoms with Gasteiger partial charge in [-0.1, -0.05) is 34.8 Å². The van der Waals surface area contributed by atoms with Crippen LogP contribution in [0.4, 0.5) is 0 Å². The molecule has 0 aliphatic rings. The fourth-order valence-electron chi connectivity index (χ4n) is 0.169. The SMILES string of the molecule is NC(=NOC(=O)C(Cl)(Cl)Cl)NP.[Cr]. The molecule has 0 bridgehead atoms. The number of halogens is 3. The summed E-state index contributed by atoms with van der Waals surface area (Å²) in [6, 6.07) is 0. The van der Waals surface area contributed by atoms with Gasteiger partial charge in [0.05, 0.1) is 0 Å². The van der Waals surface area contributed by atoms with Gasteiger partial charge in [0, 0.05) is 17.4 Å². The van der Waals surface area contributed by atoms with Crippen LogP contribution in [0, 0.1) is 0 Å². The number of nitrogens with two attached hydrogens (primary N) is 1. The van der Waals surface area contributed by atoms with E-state index in [1.807, 2.05) is 9.39 Å². The third-order valence-electron chi connectivity index (χ3n) is 0.606. The molecule has 0 spiro atoms. The molecule has 0 aromatic heterocycles. The van der Waals surface area contributed by atoms with E-state index in [0.717, 1.165) is 0 Å². The maximum atomic E-state index is 10.7. The molecule has 0 aliphatic heterocycles. The Balaban J connectivity index is 0. The van der Waals surface area contributed by atoms with Gasteiger partial charge in [-0.15, -0.1) is 0 Å². The van der Waals surface area contributed by atoms with Gasteiger partial charge in [0.25, 0.3) is 3.79 Å². The molecule has 76 valence electrons. The summed E-state index contributed by atoms with van der Waals surface area (Å²) in [5, 5.41) is 5.38. The minimum absolute atomic E-state index is 0. The number of rotatable bonds is 1. The van der Waals surface area contributed by atoms with Gasteiger partial charge in [0.15, 0.2) is 0 Å². The summed E-state index contributed by atoms with van der Waals surface area (Å²) in [5.41, 5.74) is 5.08. The number of carbonyl (C=O) groups is 1. The Hall–Kier alpha value is 0.572. The van der Waals surface area contributed by atoms with Gasteiger partial charge in [-0.05, 0) is 14.5 Å². The maximum absolute atomic E-state index is 10.7. The van der Waals surface area contributed by atoms with Gasteiger partial charge in [0.2, 0.25) is 5.96 Å². The van der Waals surface area contributed by atoms with Crippen LogP contribution in [0.25, 0.3) is 0 Å². The average Bonchev–Trinajstić information content (AvgIpc) is 1.97. The summed E-state index contributed by atoms with van der Waals surface area (Å²) in [5.74, 6) is -1.27. The minimum atomic E-state index is -2.15. The fraction of sp³-hybridized carbons (Fsp3) is 0.333. The van der Waals surface area contributed by atoms with Crippen LogP contribution in [0.3, 0.4) is 0 Å². The van der Waals surface area contributed by atoms with E-state index in [0.29, 0.717) is 0 Å². The molecule has 0 radical (unpaired) electrons. The second-order valence-electron chi connectivity index (χ2n) is 1.50. The van der Waals surface area contributed by atoms with Crippen LogP contribution < -0.4 is 10.8 Å². The van der Waals surface area contributed by atoms with E-state index < -0.39 is 9.76 Å². The molecule has 0 aliphatic carbocycles. The van der Waals surface area contributed by atoms with Crippen molar-refractivity contribution in [2.75, 3.05) is 0 Å². The molecule has 1 atom stereocenters. The van der Waals surface area contributed by atoms with Crippen LogP contribution >= 0.6 is 44.2 Å². The molecule has 0 saturated carbocycles. The van der Waals surface area contributed by atoms with Crippen LogP contribution in [0.5, 0.6) is 0 Å². The normalized spacial score (nSPS) is 11.5. The van der Waals surface area contributed by atoms with Gasteiger partial charge in [0.1, 0.15) is 0 Å². The van der Waals surface area contributed by atoms with Crippen LogP contribution in [0.1, 0.15) is 0 Å². The van der Waals surface area contributed by atoms with E-state index in [4.69, 9.17) is 40.5 Å². The van der Waals surface area contributed by atoms with E-state index in [1.165, 1.54) is 0 Å². The zero-order chi connectivity index (χ0) is 9.78. The van der Waals surface area contributed by atoms with E-state index in [2.05, 4.69) is 15.1 Å². The molecule has 0 fully saturated rings.